The molecule has 1 aliphatic heterocycles. The van der Waals surface area contributed by atoms with Crippen LogP contribution in [0.1, 0.15) is 48.3 Å². The molecule has 4 rings (SSSR count). The molecule has 34 heavy (non-hydrogen) atoms. The highest BCUT2D eigenvalue weighted by atomic mass is 16.5. The number of nitrogens with one attached hydrogen (secondary N) is 2. The number of aryl methyl sites for hydroxylation is 1. The molecule has 1 saturated heterocycles. The highest BCUT2D eigenvalue weighted by Crippen LogP contribution is 2.28. The molecule has 2 unspecified atom stereocenters. The zero-order valence-corrected chi connectivity index (χ0v) is 19.9. The van der Waals surface area contributed by atoms with Crippen molar-refractivity contribution in [2.45, 2.75) is 51.1 Å². The first-order chi connectivity index (χ1) is 16.5. The number of nitrogens with zero attached hydrogens (tertiary/aromatic N) is 4. The first-order valence-electron chi connectivity index (χ1n) is 12.2. The summed E-state index contributed by atoms with van der Waals surface area (Å²) < 4.78 is 5.38. The van der Waals surface area contributed by atoms with Crippen molar-refractivity contribution < 1.29 is 9.53 Å². The smallest absolute Gasteiger partial charge is 0.289 e. The topological polar surface area (TPSA) is 144 Å². The average Bonchev–Trinajstić information content (AvgIpc) is 2.83. The number of carbonyl (C=O) groups excluding carboxylic acids is 1. The van der Waals surface area contributed by atoms with Gasteiger partial charge in [0.25, 0.3) is 5.91 Å². The summed E-state index contributed by atoms with van der Waals surface area (Å²) in [6.07, 6.45) is 4.88. The maximum Gasteiger partial charge on any atom is 0.289 e. The maximum atomic E-state index is 12.9. The fraction of sp³-hybridized carbons (Fsp3) is 0.583. The number of hydrogen-bond acceptors (Lipinski definition) is 7. The number of aliphatic imine (C=N–C) groups is 1. The summed E-state index contributed by atoms with van der Waals surface area (Å²) in [5.74, 6) is 0.644. The number of benzene rings is 1. The molecule has 6 N–H and O–H groups in total. The van der Waals surface area contributed by atoms with Gasteiger partial charge in [-0.05, 0) is 44.9 Å². The fourth-order valence-corrected chi connectivity index (χ4v) is 4.66. The van der Waals surface area contributed by atoms with Crippen molar-refractivity contribution in [3.63, 3.8) is 0 Å². The van der Waals surface area contributed by atoms with Crippen molar-refractivity contribution in [2.75, 3.05) is 44.7 Å². The molecular formula is C24H36N8O2. The first kappa shape index (κ1) is 24.2. The average molecular weight is 469 g/mol. The number of amides is 1. The SMILES string of the molecule is Cc1ccc2nc(C(=O)NCCCN3CCOCC3)nc(NC3CCCCC3N=C(N)N)c2c1. The van der Waals surface area contributed by atoms with E-state index >= 15 is 0 Å². The number of rotatable bonds is 8. The molecule has 1 amide bonds. The lowest BCUT2D eigenvalue weighted by Gasteiger charge is -2.30. The molecule has 1 aromatic heterocycles. The Balaban J connectivity index is 1.48. The van der Waals surface area contributed by atoms with Gasteiger partial charge in [-0.2, -0.15) is 0 Å². The molecule has 10 heteroatoms. The van der Waals surface area contributed by atoms with Crippen molar-refractivity contribution in [1.29, 1.82) is 0 Å². The van der Waals surface area contributed by atoms with Crippen LogP contribution in [0, 0.1) is 6.92 Å². The molecule has 2 atom stereocenters. The highest BCUT2D eigenvalue weighted by molar-refractivity contribution is 5.96. The monoisotopic (exact) mass is 468 g/mol. The lowest BCUT2D eigenvalue weighted by molar-refractivity contribution is 0.0374. The Bertz CT molecular complexity index is 1020. The van der Waals surface area contributed by atoms with Crippen molar-refractivity contribution in [1.82, 2.24) is 20.2 Å². The van der Waals surface area contributed by atoms with Crippen LogP contribution in [0.25, 0.3) is 10.9 Å². The predicted octanol–water partition coefficient (Wildman–Crippen LogP) is 1.39. The van der Waals surface area contributed by atoms with Crippen molar-refractivity contribution in [3.05, 3.63) is 29.6 Å². The summed E-state index contributed by atoms with van der Waals surface area (Å²) in [5, 5.41) is 7.41. The Hall–Kier alpha value is -2.98. The molecule has 184 valence electrons. The van der Waals surface area contributed by atoms with Crippen LogP contribution in [-0.4, -0.2) is 78.2 Å². The molecule has 1 aliphatic carbocycles. The van der Waals surface area contributed by atoms with E-state index in [-0.39, 0.29) is 29.8 Å². The summed E-state index contributed by atoms with van der Waals surface area (Å²) in [6.45, 7) is 6.97. The van der Waals surface area contributed by atoms with Gasteiger partial charge in [-0.15, -0.1) is 0 Å². The van der Waals surface area contributed by atoms with E-state index in [1.165, 1.54) is 0 Å². The minimum atomic E-state index is -0.267. The molecule has 2 fully saturated rings. The Kier molecular flexibility index (Phi) is 8.12. The summed E-state index contributed by atoms with van der Waals surface area (Å²) >= 11 is 0. The molecule has 0 bridgehead atoms. The third-order valence-electron chi connectivity index (χ3n) is 6.46. The van der Waals surface area contributed by atoms with E-state index in [0.717, 1.165) is 81.4 Å². The minimum Gasteiger partial charge on any atom is -0.379 e. The third-order valence-corrected chi connectivity index (χ3v) is 6.46. The van der Waals surface area contributed by atoms with Crippen LogP contribution in [0.2, 0.25) is 0 Å². The van der Waals surface area contributed by atoms with Crippen LogP contribution in [-0.2, 0) is 4.74 Å². The van der Waals surface area contributed by atoms with Gasteiger partial charge in [-0.1, -0.05) is 24.5 Å². The van der Waals surface area contributed by atoms with Gasteiger partial charge in [0.05, 0.1) is 30.8 Å². The van der Waals surface area contributed by atoms with Crippen LogP contribution in [0.5, 0.6) is 0 Å². The molecule has 1 saturated carbocycles. The minimum absolute atomic E-state index is 0.0222. The van der Waals surface area contributed by atoms with E-state index in [1.54, 1.807) is 0 Å². The molecule has 2 aliphatic rings. The number of fused-ring (bicyclic) bond motifs is 1. The molecular weight excluding hydrogens is 432 g/mol. The number of guanidine groups is 1. The highest BCUT2D eigenvalue weighted by Gasteiger charge is 2.26. The molecule has 0 radical (unpaired) electrons. The number of anilines is 1. The maximum absolute atomic E-state index is 12.9. The first-order valence-corrected chi connectivity index (χ1v) is 12.2. The van der Waals surface area contributed by atoms with Gasteiger partial charge in [0, 0.05) is 25.0 Å². The van der Waals surface area contributed by atoms with Gasteiger partial charge in [-0.3, -0.25) is 9.69 Å². The molecule has 10 nitrogen and oxygen atoms in total. The van der Waals surface area contributed by atoms with Crippen LogP contribution < -0.4 is 22.1 Å². The van der Waals surface area contributed by atoms with E-state index in [9.17, 15) is 4.79 Å². The zero-order valence-electron chi connectivity index (χ0n) is 19.9. The van der Waals surface area contributed by atoms with Crippen LogP contribution in [0.15, 0.2) is 23.2 Å². The number of aromatic nitrogens is 2. The molecule has 0 spiro atoms. The Morgan fingerprint density at radius 3 is 2.79 bits per heavy atom. The third kappa shape index (κ3) is 6.32. The standard InChI is InChI=1S/C24H36N8O2/c1-16-7-8-18-17(15-16)21(29-19-5-2-3-6-20(19)30-24(25)26)31-22(28-18)23(33)27-9-4-10-32-11-13-34-14-12-32/h7-8,15,19-20H,2-6,9-14H2,1H3,(H,27,33)(H4,25,26,30)(H,28,29,31). The van der Waals surface area contributed by atoms with E-state index in [4.69, 9.17) is 16.2 Å². The number of nitrogens with two attached hydrogens (primary N) is 2. The van der Waals surface area contributed by atoms with Crippen molar-refractivity contribution in [2.24, 2.45) is 16.5 Å². The molecule has 1 aromatic carbocycles. The molecule has 2 heterocycles. The summed E-state index contributed by atoms with van der Waals surface area (Å²) in [5.41, 5.74) is 13.2. The zero-order chi connectivity index (χ0) is 23.9. The van der Waals surface area contributed by atoms with E-state index in [0.29, 0.717) is 12.4 Å². The normalized spacial score (nSPS) is 21.2. The van der Waals surface area contributed by atoms with Crippen molar-refractivity contribution in [3.8, 4) is 0 Å². The number of morpholine rings is 1. The quantitative estimate of drug-likeness (QED) is 0.258. The van der Waals surface area contributed by atoms with E-state index < -0.39 is 0 Å². The summed E-state index contributed by atoms with van der Waals surface area (Å²) in [6, 6.07) is 5.98. The Morgan fingerprint density at radius 2 is 2.00 bits per heavy atom. The fourth-order valence-electron chi connectivity index (χ4n) is 4.66. The predicted molar refractivity (Wildman–Crippen MR) is 134 cm³/mol. The molecule has 2 aromatic rings. The lowest BCUT2D eigenvalue weighted by Crippen LogP contribution is -2.39. The largest absolute Gasteiger partial charge is 0.379 e. The second-order valence-electron chi connectivity index (χ2n) is 9.14. The van der Waals surface area contributed by atoms with E-state index in [1.807, 2.05) is 25.1 Å². The van der Waals surface area contributed by atoms with Gasteiger partial charge in [0.15, 0.2) is 5.96 Å². The van der Waals surface area contributed by atoms with E-state index in [2.05, 4.69) is 30.5 Å². The van der Waals surface area contributed by atoms with Crippen LogP contribution in [0.3, 0.4) is 0 Å². The van der Waals surface area contributed by atoms with Crippen LogP contribution >= 0.6 is 0 Å². The summed E-state index contributed by atoms with van der Waals surface area (Å²) in [4.78, 5) is 28.9. The Labute approximate surface area is 200 Å². The van der Waals surface area contributed by atoms with Gasteiger partial charge in [0.1, 0.15) is 5.82 Å². The number of carbonyl (C=O) groups is 1. The second kappa shape index (κ2) is 11.4. The lowest BCUT2D eigenvalue weighted by atomic mass is 9.90. The Morgan fingerprint density at radius 1 is 1.21 bits per heavy atom. The van der Waals surface area contributed by atoms with Crippen molar-refractivity contribution >= 4 is 28.6 Å². The van der Waals surface area contributed by atoms with Gasteiger partial charge < -0.3 is 26.8 Å². The number of ether oxygens (including phenoxy) is 1. The van der Waals surface area contributed by atoms with Crippen LogP contribution in [0.4, 0.5) is 5.82 Å². The number of hydrogen-bond donors (Lipinski definition) is 4. The van der Waals surface area contributed by atoms with Gasteiger partial charge in [0.2, 0.25) is 5.82 Å². The second-order valence-corrected chi connectivity index (χ2v) is 9.14. The van der Waals surface area contributed by atoms with Gasteiger partial charge >= 0.3 is 0 Å². The van der Waals surface area contributed by atoms with Gasteiger partial charge in [-0.25, -0.2) is 15.0 Å². The summed E-state index contributed by atoms with van der Waals surface area (Å²) in [7, 11) is 0.